The van der Waals surface area contributed by atoms with Crippen LogP contribution in [-0.4, -0.2) is 20.1 Å². The van der Waals surface area contributed by atoms with Gasteiger partial charge in [-0.3, -0.25) is 4.79 Å². The number of ether oxygens (including phenoxy) is 2. The van der Waals surface area contributed by atoms with Gasteiger partial charge in [0.15, 0.2) is 11.5 Å². The molecule has 4 nitrogen and oxygen atoms in total. The summed E-state index contributed by atoms with van der Waals surface area (Å²) in [6.45, 7) is 0. The molecule has 0 aliphatic heterocycles. The lowest BCUT2D eigenvalue weighted by molar-refractivity contribution is -0.136. The van der Waals surface area contributed by atoms with E-state index in [1.54, 1.807) is 0 Å². The van der Waals surface area contributed by atoms with E-state index in [1.807, 2.05) is 0 Å². The molecule has 128 valence electrons. The molecule has 2 rings (SSSR count). The van der Waals surface area contributed by atoms with Crippen molar-refractivity contribution in [3.63, 3.8) is 0 Å². The summed E-state index contributed by atoms with van der Waals surface area (Å²) in [4.78, 5) is 12.2. The minimum atomic E-state index is -4.65. The van der Waals surface area contributed by atoms with E-state index in [4.69, 9.17) is 21.1 Å². The molecule has 24 heavy (non-hydrogen) atoms. The van der Waals surface area contributed by atoms with Crippen LogP contribution in [0.5, 0.6) is 11.5 Å². The van der Waals surface area contributed by atoms with Crippen LogP contribution in [0, 0.1) is 0 Å². The molecule has 0 saturated carbocycles. The molecule has 0 aliphatic rings. The largest absolute Gasteiger partial charge is 0.493 e. The Morgan fingerprint density at radius 1 is 1.04 bits per heavy atom. The number of carbonyl (C=O) groups excluding carboxylic acids is 1. The normalized spacial score (nSPS) is 11.1. The van der Waals surface area contributed by atoms with Gasteiger partial charge in [-0.05, 0) is 36.4 Å². The number of halogens is 4. The highest BCUT2D eigenvalue weighted by molar-refractivity contribution is 6.30. The van der Waals surface area contributed by atoms with Crippen LogP contribution in [-0.2, 0) is 6.18 Å². The molecule has 2 aromatic rings. The minimum Gasteiger partial charge on any atom is -0.493 e. The van der Waals surface area contributed by atoms with E-state index in [2.05, 4.69) is 5.32 Å². The smallest absolute Gasteiger partial charge is 0.418 e. The van der Waals surface area contributed by atoms with E-state index < -0.39 is 17.6 Å². The van der Waals surface area contributed by atoms with Crippen LogP contribution in [0.4, 0.5) is 18.9 Å². The lowest BCUT2D eigenvalue weighted by atomic mass is 10.1. The number of anilines is 1. The lowest BCUT2D eigenvalue weighted by Crippen LogP contribution is -2.16. The first kappa shape index (κ1) is 17.9. The van der Waals surface area contributed by atoms with Crippen molar-refractivity contribution in [2.24, 2.45) is 0 Å². The monoisotopic (exact) mass is 359 g/mol. The van der Waals surface area contributed by atoms with Gasteiger partial charge >= 0.3 is 6.18 Å². The van der Waals surface area contributed by atoms with Crippen LogP contribution in [0.2, 0.25) is 5.02 Å². The Bertz CT molecular complexity index is 763. The van der Waals surface area contributed by atoms with Crippen LogP contribution in [0.25, 0.3) is 0 Å². The third kappa shape index (κ3) is 3.91. The van der Waals surface area contributed by atoms with Crippen molar-refractivity contribution < 1.29 is 27.4 Å². The SMILES string of the molecule is COc1ccc(C(=O)Nc2ccc(Cl)cc2C(F)(F)F)cc1OC. The van der Waals surface area contributed by atoms with E-state index in [1.165, 1.54) is 38.5 Å². The summed E-state index contributed by atoms with van der Waals surface area (Å²) in [6, 6.07) is 7.40. The van der Waals surface area contributed by atoms with Crippen molar-refractivity contribution in [1.82, 2.24) is 0 Å². The van der Waals surface area contributed by atoms with Crippen molar-refractivity contribution in [2.45, 2.75) is 6.18 Å². The van der Waals surface area contributed by atoms with E-state index in [0.29, 0.717) is 5.75 Å². The second kappa shape index (κ2) is 7.00. The maximum absolute atomic E-state index is 13.1. The Hall–Kier alpha value is -2.41. The molecule has 0 atom stereocenters. The highest BCUT2D eigenvalue weighted by atomic mass is 35.5. The Kier molecular flexibility index (Phi) is 5.23. The standard InChI is InChI=1S/C16H13ClF3NO3/c1-23-13-6-3-9(7-14(13)24-2)15(22)21-12-5-4-10(17)8-11(12)16(18,19)20/h3-8H,1-2H3,(H,21,22). The first-order valence-electron chi connectivity index (χ1n) is 6.66. The van der Waals surface area contributed by atoms with Gasteiger partial charge in [-0.25, -0.2) is 0 Å². The van der Waals surface area contributed by atoms with Gasteiger partial charge in [0.1, 0.15) is 0 Å². The molecule has 0 aromatic heterocycles. The van der Waals surface area contributed by atoms with Gasteiger partial charge in [0.05, 0.1) is 25.5 Å². The fourth-order valence-electron chi connectivity index (χ4n) is 2.03. The van der Waals surface area contributed by atoms with Gasteiger partial charge in [0.25, 0.3) is 5.91 Å². The topological polar surface area (TPSA) is 47.6 Å². The number of nitrogens with one attached hydrogen (secondary N) is 1. The van der Waals surface area contributed by atoms with Crippen LogP contribution in [0.1, 0.15) is 15.9 Å². The number of methoxy groups -OCH3 is 2. The molecule has 1 N–H and O–H groups in total. The van der Waals surface area contributed by atoms with Crippen molar-refractivity contribution in [2.75, 3.05) is 19.5 Å². The van der Waals surface area contributed by atoms with E-state index in [9.17, 15) is 18.0 Å². The average Bonchev–Trinajstić information content (AvgIpc) is 2.54. The zero-order valence-corrected chi connectivity index (χ0v) is 13.5. The average molecular weight is 360 g/mol. The Morgan fingerprint density at radius 2 is 1.71 bits per heavy atom. The fourth-order valence-corrected chi connectivity index (χ4v) is 2.20. The molecule has 1 amide bonds. The number of benzene rings is 2. The second-order valence-electron chi connectivity index (χ2n) is 4.71. The van der Waals surface area contributed by atoms with Gasteiger partial charge in [-0.2, -0.15) is 13.2 Å². The Morgan fingerprint density at radius 3 is 2.29 bits per heavy atom. The Balaban J connectivity index is 2.34. The molecule has 0 radical (unpaired) electrons. The molecule has 0 spiro atoms. The molecule has 0 bridgehead atoms. The van der Waals surface area contributed by atoms with Crippen molar-refractivity contribution in [3.8, 4) is 11.5 Å². The maximum atomic E-state index is 13.1. The summed E-state index contributed by atoms with van der Waals surface area (Å²) >= 11 is 5.61. The van der Waals surface area contributed by atoms with Gasteiger partial charge in [0, 0.05) is 10.6 Å². The van der Waals surface area contributed by atoms with Gasteiger partial charge in [-0.15, -0.1) is 0 Å². The summed E-state index contributed by atoms with van der Waals surface area (Å²) in [7, 11) is 2.82. The van der Waals surface area contributed by atoms with Crippen LogP contribution in [0.15, 0.2) is 36.4 Å². The molecule has 0 unspecified atom stereocenters. The van der Waals surface area contributed by atoms with Crippen molar-refractivity contribution >= 4 is 23.2 Å². The predicted molar refractivity (Wildman–Crippen MR) is 84.0 cm³/mol. The number of amides is 1. The van der Waals surface area contributed by atoms with Crippen LogP contribution >= 0.6 is 11.6 Å². The first-order chi connectivity index (χ1) is 11.3. The molecule has 0 saturated heterocycles. The third-order valence-corrected chi connectivity index (χ3v) is 3.42. The summed E-state index contributed by atoms with van der Waals surface area (Å²) in [5.41, 5.74) is -1.29. The number of alkyl halides is 3. The van der Waals surface area contributed by atoms with Crippen LogP contribution in [0.3, 0.4) is 0 Å². The molecule has 0 aliphatic carbocycles. The molecule has 0 fully saturated rings. The molecule has 0 heterocycles. The zero-order chi connectivity index (χ0) is 17.9. The van der Waals surface area contributed by atoms with Crippen molar-refractivity contribution in [1.29, 1.82) is 0 Å². The zero-order valence-electron chi connectivity index (χ0n) is 12.7. The maximum Gasteiger partial charge on any atom is 0.418 e. The first-order valence-corrected chi connectivity index (χ1v) is 7.04. The Labute approximate surface area is 141 Å². The van der Waals surface area contributed by atoms with E-state index >= 15 is 0 Å². The van der Waals surface area contributed by atoms with Crippen molar-refractivity contribution in [3.05, 3.63) is 52.5 Å². The van der Waals surface area contributed by atoms with E-state index in [0.717, 1.165) is 12.1 Å². The second-order valence-corrected chi connectivity index (χ2v) is 5.15. The summed E-state index contributed by atoms with van der Waals surface area (Å²) in [5, 5.41) is 2.16. The highest BCUT2D eigenvalue weighted by Crippen LogP contribution is 2.37. The lowest BCUT2D eigenvalue weighted by Gasteiger charge is -2.15. The number of hydrogen-bond acceptors (Lipinski definition) is 3. The summed E-state index contributed by atoms with van der Waals surface area (Å²) in [6.07, 6.45) is -4.65. The predicted octanol–water partition coefficient (Wildman–Crippen LogP) is 4.63. The number of carbonyl (C=O) groups is 1. The molecular weight excluding hydrogens is 347 g/mol. The molecular formula is C16H13ClF3NO3. The minimum absolute atomic E-state index is 0.0774. The summed E-state index contributed by atoms with van der Waals surface area (Å²) in [5.74, 6) is -0.0300. The van der Waals surface area contributed by atoms with E-state index in [-0.39, 0.29) is 22.0 Å². The molecule has 2 aromatic carbocycles. The number of rotatable bonds is 4. The summed E-state index contributed by atoms with van der Waals surface area (Å²) < 4.78 is 49.3. The van der Waals surface area contributed by atoms with Gasteiger partial charge in [-0.1, -0.05) is 11.6 Å². The molecule has 8 heteroatoms. The van der Waals surface area contributed by atoms with Gasteiger partial charge in [0.2, 0.25) is 0 Å². The number of hydrogen-bond donors (Lipinski definition) is 1. The van der Waals surface area contributed by atoms with Crippen LogP contribution < -0.4 is 14.8 Å². The quantitative estimate of drug-likeness (QED) is 0.866. The third-order valence-electron chi connectivity index (χ3n) is 3.18. The highest BCUT2D eigenvalue weighted by Gasteiger charge is 2.34. The van der Waals surface area contributed by atoms with Gasteiger partial charge < -0.3 is 14.8 Å². The fraction of sp³-hybridized carbons (Fsp3) is 0.188.